The lowest BCUT2D eigenvalue weighted by Crippen LogP contribution is -2.56. The van der Waals surface area contributed by atoms with E-state index in [2.05, 4.69) is 83.1 Å². The molecule has 0 spiro atoms. The molecule has 1 fully saturated rings. The molecule has 4 aromatic rings. The van der Waals surface area contributed by atoms with Crippen LogP contribution in [0, 0.1) is 0 Å². The lowest BCUT2D eigenvalue weighted by Gasteiger charge is -2.47. The van der Waals surface area contributed by atoms with Crippen LogP contribution in [0.4, 0.5) is 0 Å². The first kappa shape index (κ1) is 28.2. The average Bonchev–Trinajstić information content (AvgIpc) is 3.38. The maximum Gasteiger partial charge on any atom is 0.335 e. The van der Waals surface area contributed by atoms with Crippen LogP contribution in [-0.2, 0) is 26.2 Å². The van der Waals surface area contributed by atoms with Gasteiger partial charge in [-0.05, 0) is 71.5 Å². The van der Waals surface area contributed by atoms with Gasteiger partial charge >= 0.3 is 5.97 Å². The number of hydrogen-bond donors (Lipinski definition) is 2. The van der Waals surface area contributed by atoms with Crippen LogP contribution < -0.4 is 0 Å². The van der Waals surface area contributed by atoms with Gasteiger partial charge < -0.3 is 10.2 Å². The van der Waals surface area contributed by atoms with Crippen LogP contribution in [-0.4, -0.2) is 56.1 Å². The molecule has 6 rings (SSSR count). The predicted molar refractivity (Wildman–Crippen MR) is 165 cm³/mol. The molecule has 2 aliphatic rings. The molecule has 6 heteroatoms. The molecule has 0 amide bonds. The number of carboxylic acids is 1. The van der Waals surface area contributed by atoms with Crippen molar-refractivity contribution >= 4 is 5.97 Å². The van der Waals surface area contributed by atoms with Crippen LogP contribution in [0.1, 0.15) is 63.6 Å². The van der Waals surface area contributed by atoms with Crippen molar-refractivity contribution in [2.24, 2.45) is 0 Å². The molecule has 2 N–H and O–H groups in total. The summed E-state index contributed by atoms with van der Waals surface area (Å²) in [5.74, 6) is -0.606. The zero-order valence-electron chi connectivity index (χ0n) is 24.4. The standard InChI is InChI=1S/C36H39N3O3/c1-25-20-39(26(2)19-38(25)22-27-8-4-3-5-9-27)35(29-11-7-13-34(40)18-29)30-14-15-32-23-37(24-33(32)17-30)21-28-10-6-12-31(16-28)36(41)42/h3-18,25-26,35,40H,19-24H2,1-2H3,(H,41,42)/t25-,26+,35+/m1/s1. The van der Waals surface area contributed by atoms with Gasteiger partial charge in [-0.25, -0.2) is 4.79 Å². The van der Waals surface area contributed by atoms with Gasteiger partial charge in [0.1, 0.15) is 5.75 Å². The van der Waals surface area contributed by atoms with Gasteiger partial charge in [-0.15, -0.1) is 0 Å². The molecular formula is C36H39N3O3. The minimum Gasteiger partial charge on any atom is -0.508 e. The molecule has 0 aromatic heterocycles. The normalized spacial score (nSPS) is 20.3. The van der Waals surface area contributed by atoms with Gasteiger partial charge in [0.05, 0.1) is 11.6 Å². The van der Waals surface area contributed by atoms with Gasteiger partial charge in [0.15, 0.2) is 0 Å². The van der Waals surface area contributed by atoms with Crippen molar-refractivity contribution in [1.82, 2.24) is 14.7 Å². The fraction of sp³-hybridized carbons (Fsp3) is 0.306. The van der Waals surface area contributed by atoms with Crippen molar-refractivity contribution in [3.8, 4) is 5.75 Å². The summed E-state index contributed by atoms with van der Waals surface area (Å²) in [6.45, 7) is 9.86. The topological polar surface area (TPSA) is 67.2 Å². The van der Waals surface area contributed by atoms with E-state index in [0.717, 1.165) is 43.9 Å². The van der Waals surface area contributed by atoms with Crippen molar-refractivity contribution < 1.29 is 15.0 Å². The van der Waals surface area contributed by atoms with Crippen molar-refractivity contribution in [1.29, 1.82) is 0 Å². The number of hydrogen-bond acceptors (Lipinski definition) is 5. The van der Waals surface area contributed by atoms with E-state index in [9.17, 15) is 15.0 Å². The smallest absolute Gasteiger partial charge is 0.335 e. The highest BCUT2D eigenvalue weighted by atomic mass is 16.4. The Kier molecular flexibility index (Phi) is 8.11. The quantitative estimate of drug-likeness (QED) is 0.264. The van der Waals surface area contributed by atoms with E-state index in [4.69, 9.17) is 0 Å². The van der Waals surface area contributed by atoms with Crippen molar-refractivity contribution in [3.63, 3.8) is 0 Å². The molecule has 4 aromatic carbocycles. The summed E-state index contributed by atoms with van der Waals surface area (Å²) in [5.41, 5.74) is 7.65. The fourth-order valence-electron chi connectivity index (χ4n) is 6.72. The van der Waals surface area contributed by atoms with E-state index in [1.54, 1.807) is 18.2 Å². The van der Waals surface area contributed by atoms with Crippen molar-refractivity contribution in [3.05, 3.63) is 136 Å². The number of rotatable bonds is 8. The van der Waals surface area contributed by atoms with Gasteiger partial charge in [0, 0.05) is 51.4 Å². The lowest BCUT2D eigenvalue weighted by molar-refractivity contribution is 0.0195. The van der Waals surface area contributed by atoms with E-state index >= 15 is 0 Å². The molecule has 0 bridgehead atoms. The molecule has 0 radical (unpaired) electrons. The van der Waals surface area contributed by atoms with Crippen molar-refractivity contribution in [2.45, 2.75) is 58.2 Å². The molecular weight excluding hydrogens is 522 g/mol. The molecule has 2 aliphatic heterocycles. The minimum absolute atomic E-state index is 0.0278. The summed E-state index contributed by atoms with van der Waals surface area (Å²) in [6.07, 6.45) is 0. The molecule has 3 atom stereocenters. The molecule has 0 saturated carbocycles. The number of carboxylic acid groups (broad SMARTS) is 1. The van der Waals surface area contributed by atoms with E-state index in [1.165, 1.54) is 22.3 Å². The third kappa shape index (κ3) is 6.12. The highest BCUT2D eigenvalue weighted by Gasteiger charge is 2.35. The predicted octanol–water partition coefficient (Wildman–Crippen LogP) is 6.29. The number of phenols is 1. The van der Waals surface area contributed by atoms with Gasteiger partial charge in [-0.1, -0.05) is 72.8 Å². The average molecular weight is 562 g/mol. The second-order valence-corrected chi connectivity index (χ2v) is 12.0. The largest absolute Gasteiger partial charge is 0.508 e. The van der Waals surface area contributed by atoms with Crippen LogP contribution in [0.15, 0.2) is 97.1 Å². The van der Waals surface area contributed by atoms with Crippen LogP contribution in [0.3, 0.4) is 0 Å². The third-order valence-corrected chi connectivity index (χ3v) is 8.82. The Balaban J connectivity index is 1.24. The summed E-state index contributed by atoms with van der Waals surface area (Å²) < 4.78 is 0. The summed E-state index contributed by atoms with van der Waals surface area (Å²) in [4.78, 5) is 19.0. The van der Waals surface area contributed by atoms with Crippen LogP contribution in [0.25, 0.3) is 0 Å². The van der Waals surface area contributed by atoms with Crippen molar-refractivity contribution in [2.75, 3.05) is 13.1 Å². The molecule has 42 heavy (non-hydrogen) atoms. The van der Waals surface area contributed by atoms with E-state index < -0.39 is 5.97 Å². The number of piperazine rings is 1. The van der Waals surface area contributed by atoms with Gasteiger partial charge in [-0.3, -0.25) is 14.7 Å². The number of carbonyl (C=O) groups is 1. The monoisotopic (exact) mass is 561 g/mol. The Morgan fingerprint density at radius 2 is 1.50 bits per heavy atom. The molecule has 0 aliphatic carbocycles. The zero-order chi connectivity index (χ0) is 29.2. The number of aromatic hydroxyl groups is 1. The number of fused-ring (bicyclic) bond motifs is 1. The number of phenolic OH excluding ortho intramolecular Hbond substituents is 1. The molecule has 1 saturated heterocycles. The Morgan fingerprint density at radius 1 is 0.762 bits per heavy atom. The molecule has 6 nitrogen and oxygen atoms in total. The fourth-order valence-corrected chi connectivity index (χ4v) is 6.72. The van der Waals surface area contributed by atoms with Gasteiger partial charge in [-0.2, -0.15) is 0 Å². The highest BCUT2D eigenvalue weighted by molar-refractivity contribution is 5.87. The molecule has 0 unspecified atom stereocenters. The maximum absolute atomic E-state index is 11.4. The second-order valence-electron chi connectivity index (χ2n) is 12.0. The van der Waals surface area contributed by atoms with E-state index in [0.29, 0.717) is 24.2 Å². The lowest BCUT2D eigenvalue weighted by atomic mass is 9.91. The molecule has 2 heterocycles. The van der Waals surface area contributed by atoms with E-state index in [-0.39, 0.29) is 11.8 Å². The SMILES string of the molecule is C[C@@H]1CN([C@@H](c2cccc(O)c2)c2ccc3c(c2)CN(Cc2cccc(C(=O)O)c2)C3)[C@@H](C)CN1Cc1ccccc1. The van der Waals surface area contributed by atoms with Gasteiger partial charge in [0.2, 0.25) is 0 Å². The van der Waals surface area contributed by atoms with E-state index in [1.807, 2.05) is 24.3 Å². The van der Waals surface area contributed by atoms with Crippen LogP contribution in [0.2, 0.25) is 0 Å². The number of aromatic carboxylic acids is 1. The van der Waals surface area contributed by atoms with Gasteiger partial charge in [0.25, 0.3) is 0 Å². The Hall–Kier alpha value is -3.97. The first-order valence-corrected chi connectivity index (χ1v) is 14.8. The molecule has 216 valence electrons. The Labute approximate surface area is 248 Å². The first-order valence-electron chi connectivity index (χ1n) is 14.8. The minimum atomic E-state index is -0.895. The number of benzene rings is 4. The Bertz CT molecular complexity index is 1560. The summed E-state index contributed by atoms with van der Waals surface area (Å²) in [7, 11) is 0. The second kappa shape index (κ2) is 12.1. The summed E-state index contributed by atoms with van der Waals surface area (Å²) in [5, 5.41) is 19.8. The van der Waals surface area contributed by atoms with Crippen LogP contribution >= 0.6 is 0 Å². The first-order chi connectivity index (χ1) is 20.3. The summed E-state index contributed by atoms with van der Waals surface area (Å²) in [6, 6.07) is 33.3. The summed E-state index contributed by atoms with van der Waals surface area (Å²) >= 11 is 0. The maximum atomic E-state index is 11.4. The van der Waals surface area contributed by atoms with Crippen LogP contribution in [0.5, 0.6) is 5.75 Å². The zero-order valence-corrected chi connectivity index (χ0v) is 24.4. The highest BCUT2D eigenvalue weighted by Crippen LogP contribution is 2.37. The number of nitrogens with zero attached hydrogens (tertiary/aromatic N) is 3. The Morgan fingerprint density at radius 3 is 2.29 bits per heavy atom. The third-order valence-electron chi connectivity index (χ3n) is 8.82.